The maximum atomic E-state index is 15.4. The highest BCUT2D eigenvalue weighted by Crippen LogP contribution is 2.40. The molecule has 1 heterocycles. The van der Waals surface area contributed by atoms with Gasteiger partial charge in [0.05, 0.1) is 23.3 Å². The summed E-state index contributed by atoms with van der Waals surface area (Å²) in [6.45, 7) is 4.86. The van der Waals surface area contributed by atoms with Crippen LogP contribution in [0.5, 0.6) is 5.75 Å². The van der Waals surface area contributed by atoms with E-state index in [1.165, 1.54) is 26.0 Å². The zero-order valence-electron chi connectivity index (χ0n) is 24.6. The molecular weight excluding hydrogens is 595 g/mol. The normalized spacial score (nSPS) is 14.8. The summed E-state index contributed by atoms with van der Waals surface area (Å²) >= 11 is 6.12. The number of carbonyl (C=O) groups excluding carboxylic acids is 2. The number of fused-ring (bicyclic) bond motifs is 1. The van der Waals surface area contributed by atoms with E-state index in [1.54, 1.807) is 35.8 Å². The summed E-state index contributed by atoms with van der Waals surface area (Å²) in [7, 11) is 0. The Morgan fingerprint density at radius 1 is 1.00 bits per heavy atom. The van der Waals surface area contributed by atoms with Gasteiger partial charge in [0.25, 0.3) is 0 Å². The lowest BCUT2D eigenvalue weighted by atomic mass is 9.83. The summed E-state index contributed by atoms with van der Waals surface area (Å²) in [5.74, 6) is -3.82. The minimum atomic E-state index is -1.37. The zero-order valence-corrected chi connectivity index (χ0v) is 25.4. The van der Waals surface area contributed by atoms with Crippen molar-refractivity contribution in [3.8, 4) is 17.1 Å². The molecule has 0 radical (unpaired) electrons. The quantitative estimate of drug-likeness (QED) is 0.189. The van der Waals surface area contributed by atoms with Crippen molar-refractivity contribution in [3.05, 3.63) is 77.1 Å². The third kappa shape index (κ3) is 6.55. The maximum absolute atomic E-state index is 15.4. The first-order valence-electron chi connectivity index (χ1n) is 14.6. The number of anilines is 1. The number of hydrogen-bond donors (Lipinski definition) is 1. The van der Waals surface area contributed by atoms with Crippen molar-refractivity contribution in [3.63, 3.8) is 0 Å². The Labute approximate surface area is 258 Å². The van der Waals surface area contributed by atoms with Gasteiger partial charge in [-0.05, 0) is 75.9 Å². The number of imidazole rings is 1. The number of benzene rings is 3. The molecule has 3 aromatic carbocycles. The highest BCUT2D eigenvalue weighted by Gasteiger charge is 2.36. The number of amides is 1. The Morgan fingerprint density at radius 3 is 2.34 bits per heavy atom. The lowest BCUT2D eigenvalue weighted by Crippen LogP contribution is -2.39. The fourth-order valence-electron chi connectivity index (χ4n) is 5.68. The second kappa shape index (κ2) is 12.9. The number of nitrogens with zero attached hydrogens (tertiary/aromatic N) is 2. The van der Waals surface area contributed by atoms with E-state index in [9.17, 15) is 18.4 Å². The van der Waals surface area contributed by atoms with E-state index in [2.05, 4.69) is 10.3 Å². The zero-order chi connectivity index (χ0) is 31.6. The standard InChI is InChI=1S/C33H33ClF3N3O4/c1-4-43-32(42)33(2,3)44-22-14-15-26(25(37)16-22)39-31(41)29(19-8-6-5-7-9-19)40-28-18-24(36)23(35)17-27(28)38-30(40)20-10-12-21(34)13-11-20/h10-19,29H,4-9H2,1-3H3,(H,39,41). The molecule has 7 nitrogen and oxygen atoms in total. The number of hydrogen-bond acceptors (Lipinski definition) is 5. The topological polar surface area (TPSA) is 82.5 Å². The van der Waals surface area contributed by atoms with Crippen molar-refractivity contribution < 1.29 is 32.2 Å². The lowest BCUT2D eigenvalue weighted by Gasteiger charge is -2.32. The molecule has 0 aliphatic heterocycles. The van der Waals surface area contributed by atoms with Gasteiger partial charge in [0, 0.05) is 28.8 Å². The molecule has 44 heavy (non-hydrogen) atoms. The van der Waals surface area contributed by atoms with Crippen LogP contribution in [-0.4, -0.2) is 33.6 Å². The van der Waals surface area contributed by atoms with Crippen LogP contribution in [0.15, 0.2) is 54.6 Å². The van der Waals surface area contributed by atoms with Gasteiger partial charge >= 0.3 is 5.97 Å². The summed E-state index contributed by atoms with van der Waals surface area (Å²) in [6.07, 6.45) is 4.20. The molecule has 1 fully saturated rings. The van der Waals surface area contributed by atoms with E-state index in [4.69, 9.17) is 21.1 Å². The highest BCUT2D eigenvalue weighted by molar-refractivity contribution is 6.30. The van der Waals surface area contributed by atoms with Crippen molar-refractivity contribution in [1.82, 2.24) is 9.55 Å². The molecule has 0 saturated heterocycles. The van der Waals surface area contributed by atoms with Crippen LogP contribution < -0.4 is 10.1 Å². The maximum Gasteiger partial charge on any atom is 0.349 e. The van der Waals surface area contributed by atoms with Gasteiger partial charge in [-0.2, -0.15) is 0 Å². The largest absolute Gasteiger partial charge is 0.476 e. The van der Waals surface area contributed by atoms with Crippen LogP contribution >= 0.6 is 11.6 Å². The molecule has 11 heteroatoms. The molecular formula is C33H33ClF3N3O4. The van der Waals surface area contributed by atoms with Crippen LogP contribution in [0.3, 0.4) is 0 Å². The second-order valence-corrected chi connectivity index (χ2v) is 11.8. The Kier molecular flexibility index (Phi) is 9.20. The van der Waals surface area contributed by atoms with Crippen LogP contribution in [-0.2, 0) is 14.3 Å². The van der Waals surface area contributed by atoms with E-state index < -0.39 is 41.0 Å². The average molecular weight is 628 g/mol. The monoisotopic (exact) mass is 627 g/mol. The predicted molar refractivity (Wildman–Crippen MR) is 162 cm³/mol. The number of aromatic nitrogens is 2. The van der Waals surface area contributed by atoms with Gasteiger partial charge in [0.1, 0.15) is 23.4 Å². The molecule has 4 aromatic rings. The lowest BCUT2D eigenvalue weighted by molar-refractivity contribution is -0.158. The molecule has 0 spiro atoms. The molecule has 1 aliphatic carbocycles. The molecule has 1 N–H and O–H groups in total. The molecule has 0 bridgehead atoms. The van der Waals surface area contributed by atoms with Crippen molar-refractivity contribution in [1.29, 1.82) is 0 Å². The fourth-order valence-corrected chi connectivity index (χ4v) is 5.80. The summed E-state index contributed by atoms with van der Waals surface area (Å²) in [4.78, 5) is 31.0. The van der Waals surface area contributed by atoms with Gasteiger partial charge in [0.2, 0.25) is 5.91 Å². The van der Waals surface area contributed by atoms with Gasteiger partial charge in [0.15, 0.2) is 17.2 Å². The smallest absolute Gasteiger partial charge is 0.349 e. The van der Waals surface area contributed by atoms with E-state index in [1.807, 2.05) is 0 Å². The summed E-state index contributed by atoms with van der Waals surface area (Å²) in [5.41, 5.74) is -0.456. The Hall–Kier alpha value is -4.05. The van der Waals surface area contributed by atoms with Crippen molar-refractivity contribution in [2.75, 3.05) is 11.9 Å². The van der Waals surface area contributed by atoms with Crippen molar-refractivity contribution >= 4 is 40.2 Å². The number of halogens is 4. The number of rotatable bonds is 9. The van der Waals surface area contributed by atoms with E-state index in [-0.39, 0.29) is 35.0 Å². The second-order valence-electron chi connectivity index (χ2n) is 11.4. The van der Waals surface area contributed by atoms with Gasteiger partial charge in [-0.3, -0.25) is 4.79 Å². The number of ether oxygens (including phenoxy) is 2. The Bertz CT molecular complexity index is 1680. The minimum Gasteiger partial charge on any atom is -0.476 e. The Morgan fingerprint density at radius 2 is 1.68 bits per heavy atom. The fraction of sp³-hybridized carbons (Fsp3) is 0.364. The predicted octanol–water partition coefficient (Wildman–Crippen LogP) is 8.25. The number of carbonyl (C=O) groups is 2. The average Bonchev–Trinajstić information content (AvgIpc) is 3.33. The minimum absolute atomic E-state index is 0.0745. The summed E-state index contributed by atoms with van der Waals surface area (Å²) in [5, 5.41) is 3.20. The third-order valence-corrected chi connectivity index (χ3v) is 8.07. The SMILES string of the molecule is CCOC(=O)C(C)(C)Oc1ccc(NC(=O)C(C2CCCCC2)n2c(-c3ccc(Cl)cc3)nc3cc(F)c(F)cc32)c(F)c1. The van der Waals surface area contributed by atoms with E-state index in [0.717, 1.165) is 37.5 Å². The molecule has 1 aromatic heterocycles. The van der Waals surface area contributed by atoms with Gasteiger partial charge < -0.3 is 19.4 Å². The van der Waals surface area contributed by atoms with Gasteiger partial charge in [-0.15, -0.1) is 0 Å². The van der Waals surface area contributed by atoms with E-state index in [0.29, 0.717) is 29.3 Å². The van der Waals surface area contributed by atoms with Crippen LogP contribution in [0, 0.1) is 23.4 Å². The van der Waals surface area contributed by atoms with Crippen molar-refractivity contribution in [2.24, 2.45) is 5.92 Å². The molecule has 1 aliphatic rings. The van der Waals surface area contributed by atoms with Gasteiger partial charge in [-0.25, -0.2) is 22.9 Å². The van der Waals surface area contributed by atoms with Gasteiger partial charge in [-0.1, -0.05) is 30.9 Å². The highest BCUT2D eigenvalue weighted by atomic mass is 35.5. The first kappa shape index (κ1) is 31.4. The number of nitrogens with one attached hydrogen (secondary N) is 1. The molecule has 232 valence electrons. The summed E-state index contributed by atoms with van der Waals surface area (Å²) < 4.78 is 56.7. The third-order valence-electron chi connectivity index (χ3n) is 7.82. The van der Waals surface area contributed by atoms with Crippen LogP contribution in [0.25, 0.3) is 22.4 Å². The van der Waals surface area contributed by atoms with Crippen LogP contribution in [0.2, 0.25) is 5.02 Å². The molecule has 1 amide bonds. The molecule has 5 rings (SSSR count). The Balaban J connectivity index is 1.55. The molecule has 1 atom stereocenters. The summed E-state index contributed by atoms with van der Waals surface area (Å²) in [6, 6.07) is 11.8. The molecule has 1 saturated carbocycles. The van der Waals surface area contributed by atoms with Crippen LogP contribution in [0.4, 0.5) is 18.9 Å². The van der Waals surface area contributed by atoms with Crippen LogP contribution in [0.1, 0.15) is 58.9 Å². The van der Waals surface area contributed by atoms with Crippen molar-refractivity contribution in [2.45, 2.75) is 64.5 Å². The number of esters is 1. The van der Waals surface area contributed by atoms with E-state index >= 15 is 4.39 Å². The first-order chi connectivity index (χ1) is 21.0. The molecule has 1 unspecified atom stereocenters. The first-order valence-corrected chi connectivity index (χ1v) is 15.0.